The highest BCUT2D eigenvalue weighted by atomic mass is 16.6. The third kappa shape index (κ3) is 4.00. The van der Waals surface area contributed by atoms with Crippen molar-refractivity contribution >= 4 is 11.7 Å². The second-order valence-corrected chi connectivity index (χ2v) is 6.40. The van der Waals surface area contributed by atoms with Crippen molar-refractivity contribution in [2.24, 2.45) is 0 Å². The molecule has 1 aromatic rings. The molecule has 4 nitrogen and oxygen atoms in total. The molecule has 0 unspecified atom stereocenters. The number of phenols is 1. The van der Waals surface area contributed by atoms with Crippen LogP contribution in [0.3, 0.4) is 0 Å². The summed E-state index contributed by atoms with van der Waals surface area (Å²) >= 11 is 0. The first kappa shape index (κ1) is 15.4. The molecule has 2 rings (SSSR count). The molecule has 4 heteroatoms. The van der Waals surface area contributed by atoms with Gasteiger partial charge >= 0.3 is 6.09 Å². The quantitative estimate of drug-likeness (QED) is 0.857. The Morgan fingerprint density at radius 3 is 2.57 bits per heavy atom. The average molecular weight is 289 g/mol. The Morgan fingerprint density at radius 1 is 1.33 bits per heavy atom. The zero-order valence-corrected chi connectivity index (χ0v) is 13.1. The van der Waals surface area contributed by atoms with E-state index in [9.17, 15) is 9.90 Å². The number of hydrogen-bond acceptors (Lipinski definition) is 3. The first-order chi connectivity index (χ1) is 9.76. The molecule has 114 valence electrons. The van der Waals surface area contributed by atoms with Gasteiger partial charge in [-0.3, -0.25) is 0 Å². The molecule has 1 N–H and O–H groups in total. The van der Waals surface area contributed by atoms with Gasteiger partial charge in [-0.25, -0.2) is 4.79 Å². The summed E-state index contributed by atoms with van der Waals surface area (Å²) in [6.45, 7) is 8.81. The Kier molecular flexibility index (Phi) is 4.26. The lowest BCUT2D eigenvalue weighted by atomic mass is 9.95. The Hall–Kier alpha value is -1.97. The minimum Gasteiger partial charge on any atom is -0.508 e. The number of carbonyl (C=O) groups excluding carboxylic acids is 1. The molecule has 1 amide bonds. The van der Waals surface area contributed by atoms with Gasteiger partial charge in [0.15, 0.2) is 0 Å². The van der Waals surface area contributed by atoms with Gasteiger partial charge in [0.25, 0.3) is 0 Å². The molecule has 0 radical (unpaired) electrons. The van der Waals surface area contributed by atoms with Crippen molar-refractivity contribution in [3.63, 3.8) is 0 Å². The van der Waals surface area contributed by atoms with Crippen LogP contribution in [0.15, 0.2) is 24.3 Å². The Balaban J connectivity index is 2.07. The van der Waals surface area contributed by atoms with Gasteiger partial charge in [-0.05, 0) is 62.9 Å². The molecule has 0 saturated carbocycles. The molecule has 0 saturated heterocycles. The van der Waals surface area contributed by atoms with Gasteiger partial charge in [0, 0.05) is 13.1 Å². The summed E-state index contributed by atoms with van der Waals surface area (Å²) in [6, 6.07) is 5.39. The standard InChI is InChI=1S/C17H23NO3/c1-12-11-14(19)5-6-15(12)13-7-9-18(10-8-13)16(20)21-17(2,3)4/h5-7,11,19H,8-10H2,1-4H3. The van der Waals surface area contributed by atoms with Gasteiger partial charge in [0.2, 0.25) is 0 Å². The molecule has 0 aliphatic carbocycles. The summed E-state index contributed by atoms with van der Waals surface area (Å²) < 4.78 is 5.38. The molecule has 0 bridgehead atoms. The van der Waals surface area contributed by atoms with E-state index in [1.165, 1.54) is 5.57 Å². The molecule has 1 heterocycles. The van der Waals surface area contributed by atoms with E-state index in [0.717, 1.165) is 17.5 Å². The zero-order valence-electron chi connectivity index (χ0n) is 13.1. The summed E-state index contributed by atoms with van der Waals surface area (Å²) in [6.07, 6.45) is 2.60. The van der Waals surface area contributed by atoms with Crippen LogP contribution in [0.25, 0.3) is 5.57 Å². The van der Waals surface area contributed by atoms with E-state index in [0.29, 0.717) is 13.1 Å². The van der Waals surface area contributed by atoms with Gasteiger partial charge in [0.05, 0.1) is 0 Å². The number of benzene rings is 1. The van der Waals surface area contributed by atoms with Crippen molar-refractivity contribution in [1.29, 1.82) is 0 Å². The van der Waals surface area contributed by atoms with Gasteiger partial charge in [-0.1, -0.05) is 12.1 Å². The van der Waals surface area contributed by atoms with E-state index in [1.807, 2.05) is 33.8 Å². The third-order valence-corrected chi connectivity index (χ3v) is 3.42. The first-order valence-electron chi connectivity index (χ1n) is 7.23. The highest BCUT2D eigenvalue weighted by molar-refractivity contribution is 5.74. The molecule has 0 aromatic heterocycles. The minimum atomic E-state index is -0.464. The van der Waals surface area contributed by atoms with Gasteiger partial charge in [0.1, 0.15) is 11.4 Å². The molecular formula is C17H23NO3. The lowest BCUT2D eigenvalue weighted by molar-refractivity contribution is 0.0270. The summed E-state index contributed by atoms with van der Waals surface area (Å²) in [5.41, 5.74) is 2.94. The SMILES string of the molecule is Cc1cc(O)ccc1C1=CCN(C(=O)OC(C)(C)C)CC1. The molecule has 21 heavy (non-hydrogen) atoms. The second kappa shape index (κ2) is 5.80. The largest absolute Gasteiger partial charge is 0.508 e. The smallest absolute Gasteiger partial charge is 0.410 e. The van der Waals surface area contributed by atoms with Gasteiger partial charge < -0.3 is 14.7 Å². The lowest BCUT2D eigenvalue weighted by Crippen LogP contribution is -2.39. The Bertz CT molecular complexity index is 570. The normalized spacial score (nSPS) is 15.6. The maximum absolute atomic E-state index is 12.0. The topological polar surface area (TPSA) is 49.8 Å². The van der Waals surface area contributed by atoms with E-state index < -0.39 is 5.60 Å². The highest BCUT2D eigenvalue weighted by Gasteiger charge is 2.24. The lowest BCUT2D eigenvalue weighted by Gasteiger charge is -2.30. The van der Waals surface area contributed by atoms with Crippen LogP contribution in [-0.4, -0.2) is 34.8 Å². The van der Waals surface area contributed by atoms with E-state index in [4.69, 9.17) is 4.74 Å². The molecule has 0 atom stereocenters. The van der Waals surface area contributed by atoms with Crippen LogP contribution in [0.2, 0.25) is 0 Å². The molecular weight excluding hydrogens is 266 g/mol. The predicted molar refractivity (Wildman–Crippen MR) is 83.2 cm³/mol. The van der Waals surface area contributed by atoms with Crippen molar-refractivity contribution in [3.8, 4) is 5.75 Å². The number of phenolic OH excluding ortho intramolecular Hbond substituents is 1. The van der Waals surface area contributed by atoms with Crippen LogP contribution in [0.1, 0.15) is 38.3 Å². The van der Waals surface area contributed by atoms with Crippen LogP contribution in [0, 0.1) is 6.92 Å². The molecule has 0 fully saturated rings. The molecule has 0 spiro atoms. The number of hydrogen-bond donors (Lipinski definition) is 1. The Morgan fingerprint density at radius 2 is 2.05 bits per heavy atom. The minimum absolute atomic E-state index is 0.264. The highest BCUT2D eigenvalue weighted by Crippen LogP contribution is 2.27. The van der Waals surface area contributed by atoms with Crippen LogP contribution in [0.4, 0.5) is 4.79 Å². The maximum atomic E-state index is 12.0. The third-order valence-electron chi connectivity index (χ3n) is 3.42. The fraction of sp³-hybridized carbons (Fsp3) is 0.471. The maximum Gasteiger partial charge on any atom is 0.410 e. The van der Waals surface area contributed by atoms with Crippen LogP contribution >= 0.6 is 0 Å². The van der Waals surface area contributed by atoms with Crippen LogP contribution in [-0.2, 0) is 4.74 Å². The predicted octanol–water partition coefficient (Wildman–Crippen LogP) is 3.72. The molecule has 1 aliphatic rings. The Labute approximate surface area is 126 Å². The summed E-state index contributed by atoms with van der Waals surface area (Å²) in [5, 5.41) is 9.47. The monoisotopic (exact) mass is 289 g/mol. The van der Waals surface area contributed by atoms with Gasteiger partial charge in [-0.15, -0.1) is 0 Å². The fourth-order valence-electron chi connectivity index (χ4n) is 2.41. The van der Waals surface area contributed by atoms with E-state index >= 15 is 0 Å². The van der Waals surface area contributed by atoms with Crippen molar-refractivity contribution in [1.82, 2.24) is 4.90 Å². The number of nitrogens with zero attached hydrogens (tertiary/aromatic N) is 1. The number of carbonyl (C=O) groups is 1. The molecule has 1 aromatic carbocycles. The summed E-state index contributed by atoms with van der Waals surface area (Å²) in [4.78, 5) is 13.7. The second-order valence-electron chi connectivity index (χ2n) is 6.40. The number of aryl methyl sites for hydroxylation is 1. The van der Waals surface area contributed by atoms with Crippen molar-refractivity contribution in [3.05, 3.63) is 35.4 Å². The van der Waals surface area contributed by atoms with Crippen LogP contribution < -0.4 is 0 Å². The number of amides is 1. The van der Waals surface area contributed by atoms with Crippen LogP contribution in [0.5, 0.6) is 5.75 Å². The number of ether oxygens (including phenoxy) is 1. The van der Waals surface area contributed by atoms with Crippen molar-refractivity contribution in [2.75, 3.05) is 13.1 Å². The number of aromatic hydroxyl groups is 1. The fourth-order valence-corrected chi connectivity index (χ4v) is 2.41. The number of rotatable bonds is 1. The summed E-state index contributed by atoms with van der Waals surface area (Å²) in [7, 11) is 0. The van der Waals surface area contributed by atoms with Crippen molar-refractivity contribution < 1.29 is 14.6 Å². The van der Waals surface area contributed by atoms with Gasteiger partial charge in [-0.2, -0.15) is 0 Å². The van der Waals surface area contributed by atoms with E-state index in [1.54, 1.807) is 17.0 Å². The van der Waals surface area contributed by atoms with Crippen molar-refractivity contribution in [2.45, 2.75) is 39.7 Å². The average Bonchev–Trinajstić information content (AvgIpc) is 2.37. The van der Waals surface area contributed by atoms with E-state index in [-0.39, 0.29) is 11.8 Å². The zero-order chi connectivity index (χ0) is 15.6. The molecule has 1 aliphatic heterocycles. The summed E-state index contributed by atoms with van der Waals surface area (Å²) in [5.74, 6) is 0.281. The first-order valence-corrected chi connectivity index (χ1v) is 7.23. The van der Waals surface area contributed by atoms with E-state index in [2.05, 4.69) is 6.08 Å².